The minimum Gasteiger partial charge on any atom is -0.491 e. The predicted molar refractivity (Wildman–Crippen MR) is 93.1 cm³/mol. The number of rotatable bonds is 5. The molecule has 0 aliphatic carbocycles. The van der Waals surface area contributed by atoms with Crippen molar-refractivity contribution >= 4 is 21.6 Å². The molecular formula is C18H22BrNO. The molecule has 0 saturated heterocycles. The van der Waals surface area contributed by atoms with E-state index >= 15 is 0 Å². The molecule has 0 radical (unpaired) electrons. The third-order valence-corrected chi connectivity index (χ3v) is 3.80. The number of anilines is 1. The van der Waals surface area contributed by atoms with Crippen molar-refractivity contribution in [2.75, 3.05) is 5.32 Å². The van der Waals surface area contributed by atoms with Crippen LogP contribution in [0.3, 0.4) is 0 Å². The Balaban J connectivity index is 2.10. The van der Waals surface area contributed by atoms with Crippen molar-refractivity contribution in [2.45, 2.75) is 40.3 Å². The van der Waals surface area contributed by atoms with Crippen molar-refractivity contribution in [1.29, 1.82) is 0 Å². The molecule has 2 nitrogen and oxygen atoms in total. The molecule has 0 aromatic heterocycles. The van der Waals surface area contributed by atoms with Crippen LogP contribution < -0.4 is 10.1 Å². The molecule has 0 spiro atoms. The smallest absolute Gasteiger partial charge is 0.120 e. The minimum absolute atomic E-state index is 0.196. The Morgan fingerprint density at radius 2 is 1.90 bits per heavy atom. The summed E-state index contributed by atoms with van der Waals surface area (Å²) in [6, 6.07) is 12.5. The van der Waals surface area contributed by atoms with Crippen molar-refractivity contribution < 1.29 is 4.74 Å². The van der Waals surface area contributed by atoms with Gasteiger partial charge in [0.25, 0.3) is 0 Å². The zero-order valence-electron chi connectivity index (χ0n) is 13.0. The Morgan fingerprint density at radius 1 is 1.14 bits per heavy atom. The zero-order valence-corrected chi connectivity index (χ0v) is 14.6. The molecule has 2 aromatic carbocycles. The highest BCUT2D eigenvalue weighted by Crippen LogP contribution is 2.28. The summed E-state index contributed by atoms with van der Waals surface area (Å²) in [6.07, 6.45) is 0.196. The van der Waals surface area contributed by atoms with Gasteiger partial charge in [0.15, 0.2) is 0 Å². The molecule has 2 rings (SSSR count). The van der Waals surface area contributed by atoms with Crippen LogP contribution in [0, 0.1) is 13.8 Å². The maximum atomic E-state index is 5.73. The Kier molecular flexibility index (Phi) is 5.29. The lowest BCUT2D eigenvalue weighted by Gasteiger charge is -2.14. The molecule has 0 saturated carbocycles. The van der Waals surface area contributed by atoms with Gasteiger partial charge in [0, 0.05) is 11.0 Å². The van der Waals surface area contributed by atoms with Gasteiger partial charge in [-0.3, -0.25) is 0 Å². The summed E-state index contributed by atoms with van der Waals surface area (Å²) in [5.41, 5.74) is 4.87. The monoisotopic (exact) mass is 347 g/mol. The van der Waals surface area contributed by atoms with Crippen LogP contribution in [0.2, 0.25) is 0 Å². The average Bonchev–Trinajstić information content (AvgIpc) is 2.37. The number of halogens is 1. The third-order valence-electron chi connectivity index (χ3n) is 3.17. The molecule has 2 aromatic rings. The molecule has 0 aliphatic heterocycles. The van der Waals surface area contributed by atoms with Crippen molar-refractivity contribution in [1.82, 2.24) is 0 Å². The first kappa shape index (κ1) is 15.9. The van der Waals surface area contributed by atoms with E-state index in [-0.39, 0.29) is 6.10 Å². The van der Waals surface area contributed by atoms with E-state index in [1.54, 1.807) is 0 Å². The SMILES string of the molecule is Cc1cc(C)c(NCc2cccc(OC(C)C)c2)c(Br)c1. The Morgan fingerprint density at radius 3 is 2.57 bits per heavy atom. The van der Waals surface area contributed by atoms with Gasteiger partial charge in [-0.25, -0.2) is 0 Å². The van der Waals surface area contributed by atoms with E-state index in [1.807, 2.05) is 26.0 Å². The van der Waals surface area contributed by atoms with Gasteiger partial charge in [0.1, 0.15) is 5.75 Å². The maximum absolute atomic E-state index is 5.73. The molecule has 0 bridgehead atoms. The fraction of sp³-hybridized carbons (Fsp3) is 0.333. The summed E-state index contributed by atoms with van der Waals surface area (Å²) in [5, 5.41) is 3.50. The Labute approximate surface area is 135 Å². The molecule has 0 atom stereocenters. The molecule has 0 unspecified atom stereocenters. The second-order valence-corrected chi connectivity index (χ2v) is 6.46. The number of hydrogen-bond acceptors (Lipinski definition) is 2. The number of nitrogens with one attached hydrogen (secondary N) is 1. The highest BCUT2D eigenvalue weighted by atomic mass is 79.9. The van der Waals surface area contributed by atoms with Gasteiger partial charge in [0.05, 0.1) is 11.8 Å². The first-order valence-electron chi connectivity index (χ1n) is 7.22. The number of aryl methyl sites for hydroxylation is 2. The average molecular weight is 348 g/mol. The largest absolute Gasteiger partial charge is 0.491 e. The molecule has 0 amide bonds. The van der Waals surface area contributed by atoms with E-state index in [1.165, 1.54) is 16.7 Å². The molecule has 0 heterocycles. The van der Waals surface area contributed by atoms with Crippen molar-refractivity contribution in [3.8, 4) is 5.75 Å². The van der Waals surface area contributed by atoms with Crippen LogP contribution in [0.25, 0.3) is 0 Å². The summed E-state index contributed by atoms with van der Waals surface area (Å²) in [7, 11) is 0. The van der Waals surface area contributed by atoms with Crippen molar-refractivity contribution in [2.24, 2.45) is 0 Å². The van der Waals surface area contributed by atoms with Gasteiger partial charge in [0.2, 0.25) is 0 Å². The van der Waals surface area contributed by atoms with Crippen LogP contribution in [0.1, 0.15) is 30.5 Å². The van der Waals surface area contributed by atoms with E-state index in [2.05, 4.69) is 59.4 Å². The number of benzene rings is 2. The first-order valence-corrected chi connectivity index (χ1v) is 8.01. The molecule has 112 valence electrons. The number of hydrogen-bond donors (Lipinski definition) is 1. The summed E-state index contributed by atoms with van der Waals surface area (Å²) < 4.78 is 6.84. The predicted octanol–water partition coefficient (Wildman–Crippen LogP) is 5.47. The van der Waals surface area contributed by atoms with Crippen LogP contribution in [-0.2, 0) is 6.54 Å². The van der Waals surface area contributed by atoms with Crippen LogP contribution in [0.15, 0.2) is 40.9 Å². The van der Waals surface area contributed by atoms with Gasteiger partial charge in [-0.1, -0.05) is 18.2 Å². The normalized spacial score (nSPS) is 10.8. The summed E-state index contributed by atoms with van der Waals surface area (Å²) in [5.74, 6) is 0.920. The topological polar surface area (TPSA) is 21.3 Å². The van der Waals surface area contributed by atoms with E-state index in [0.717, 1.165) is 22.5 Å². The van der Waals surface area contributed by atoms with Crippen LogP contribution in [0.5, 0.6) is 5.75 Å². The van der Waals surface area contributed by atoms with Gasteiger partial charge >= 0.3 is 0 Å². The standard InChI is InChI=1S/C18H22BrNO/c1-12(2)21-16-7-5-6-15(10-16)11-20-18-14(4)8-13(3)9-17(18)19/h5-10,12,20H,11H2,1-4H3. The van der Waals surface area contributed by atoms with Gasteiger partial charge in [-0.15, -0.1) is 0 Å². The summed E-state index contributed by atoms with van der Waals surface area (Å²) >= 11 is 3.63. The van der Waals surface area contributed by atoms with E-state index < -0.39 is 0 Å². The molecular weight excluding hydrogens is 326 g/mol. The van der Waals surface area contributed by atoms with Crippen LogP contribution in [-0.4, -0.2) is 6.10 Å². The van der Waals surface area contributed by atoms with Gasteiger partial charge < -0.3 is 10.1 Å². The fourth-order valence-corrected chi connectivity index (χ4v) is 3.14. The first-order chi connectivity index (χ1) is 9.95. The lowest BCUT2D eigenvalue weighted by atomic mass is 10.1. The lowest BCUT2D eigenvalue weighted by molar-refractivity contribution is 0.242. The molecule has 3 heteroatoms. The highest BCUT2D eigenvalue weighted by molar-refractivity contribution is 9.10. The molecule has 1 N–H and O–H groups in total. The summed E-state index contributed by atoms with van der Waals surface area (Å²) in [4.78, 5) is 0. The maximum Gasteiger partial charge on any atom is 0.120 e. The van der Waals surface area contributed by atoms with Crippen LogP contribution in [0.4, 0.5) is 5.69 Å². The second kappa shape index (κ2) is 6.99. The molecule has 0 aliphatic rings. The van der Waals surface area contributed by atoms with Crippen molar-refractivity contribution in [3.05, 3.63) is 57.6 Å². The summed E-state index contributed by atoms with van der Waals surface area (Å²) in [6.45, 7) is 9.08. The van der Waals surface area contributed by atoms with E-state index in [0.29, 0.717) is 0 Å². The number of ether oxygens (including phenoxy) is 1. The fourth-order valence-electron chi connectivity index (χ4n) is 2.33. The third kappa shape index (κ3) is 4.50. The van der Waals surface area contributed by atoms with Gasteiger partial charge in [-0.2, -0.15) is 0 Å². The zero-order chi connectivity index (χ0) is 15.4. The second-order valence-electron chi connectivity index (χ2n) is 5.61. The Hall–Kier alpha value is -1.48. The van der Waals surface area contributed by atoms with E-state index in [4.69, 9.17) is 4.74 Å². The van der Waals surface area contributed by atoms with Crippen LogP contribution >= 0.6 is 15.9 Å². The van der Waals surface area contributed by atoms with E-state index in [9.17, 15) is 0 Å². The lowest BCUT2D eigenvalue weighted by Crippen LogP contribution is -2.06. The Bertz CT molecular complexity index is 599. The quantitative estimate of drug-likeness (QED) is 0.774. The molecule has 21 heavy (non-hydrogen) atoms. The van der Waals surface area contributed by atoms with Gasteiger partial charge in [-0.05, 0) is 78.5 Å². The van der Waals surface area contributed by atoms with Crippen molar-refractivity contribution in [3.63, 3.8) is 0 Å². The molecule has 0 fully saturated rings. The highest BCUT2D eigenvalue weighted by Gasteiger charge is 2.05. The minimum atomic E-state index is 0.196.